The Morgan fingerprint density at radius 2 is 1.12 bits per heavy atom. The fourth-order valence-electron chi connectivity index (χ4n) is 4.93. The van der Waals surface area contributed by atoms with Crippen LogP contribution >= 0.6 is 0 Å². The summed E-state index contributed by atoms with van der Waals surface area (Å²) < 4.78 is 0. The number of rotatable bonds is 3. The Bertz CT molecular complexity index is 674. The largest absolute Gasteiger partial charge is 0.293 e. The van der Waals surface area contributed by atoms with E-state index in [0.717, 1.165) is 0 Å². The average Bonchev–Trinajstić information content (AvgIpc) is 3.19. The summed E-state index contributed by atoms with van der Waals surface area (Å²) in [5.41, 5.74) is 4.90. The van der Waals surface area contributed by atoms with E-state index in [0.29, 0.717) is 24.2 Å². The first kappa shape index (κ1) is 17.6. The zero-order valence-corrected chi connectivity index (χ0v) is 16.4. The topological polar surface area (TPSA) is 32.3 Å². The minimum atomic E-state index is 0.450. The molecule has 138 valence electrons. The molecule has 0 N–H and O–H groups in total. The molecule has 4 heterocycles. The third kappa shape index (κ3) is 3.17. The molecule has 0 radical (unpaired) electrons. The summed E-state index contributed by atoms with van der Waals surface area (Å²) in [5.74, 6) is 0. The molecule has 0 aliphatic carbocycles. The molecular formula is C22H30N4. The number of pyridine rings is 2. The molecule has 0 amide bonds. The molecular weight excluding hydrogens is 320 g/mol. The van der Waals surface area contributed by atoms with E-state index in [4.69, 9.17) is 9.97 Å². The van der Waals surface area contributed by atoms with Gasteiger partial charge in [-0.2, -0.15) is 0 Å². The highest BCUT2D eigenvalue weighted by atomic mass is 15.3. The van der Waals surface area contributed by atoms with Gasteiger partial charge >= 0.3 is 0 Å². The number of likely N-dealkylation sites (tertiary alicyclic amines) is 2. The highest BCUT2D eigenvalue weighted by molar-refractivity contribution is 5.19. The van der Waals surface area contributed by atoms with E-state index in [1.54, 1.807) is 0 Å². The first-order valence-electron chi connectivity index (χ1n) is 9.83. The van der Waals surface area contributed by atoms with Gasteiger partial charge in [-0.25, -0.2) is 0 Å². The van der Waals surface area contributed by atoms with E-state index in [2.05, 4.69) is 62.0 Å². The van der Waals surface area contributed by atoms with Gasteiger partial charge in [-0.3, -0.25) is 19.8 Å². The minimum absolute atomic E-state index is 0.450. The van der Waals surface area contributed by atoms with E-state index >= 15 is 0 Å². The number of aryl methyl sites for hydroxylation is 2. The fraction of sp³-hybridized carbons (Fsp3) is 0.545. The molecule has 2 fully saturated rings. The Labute approximate surface area is 157 Å². The lowest BCUT2D eigenvalue weighted by molar-refractivity contribution is 0.127. The lowest BCUT2D eigenvalue weighted by atomic mass is 10.0. The number of likely N-dealkylation sites (N-methyl/N-ethyl adjacent to an activating group) is 2. The van der Waals surface area contributed by atoms with Crippen LogP contribution in [0.25, 0.3) is 0 Å². The van der Waals surface area contributed by atoms with Crippen LogP contribution in [0.5, 0.6) is 0 Å². The lowest BCUT2D eigenvalue weighted by Gasteiger charge is -2.35. The van der Waals surface area contributed by atoms with Crippen molar-refractivity contribution in [2.24, 2.45) is 0 Å². The molecule has 26 heavy (non-hydrogen) atoms. The fourth-order valence-corrected chi connectivity index (χ4v) is 4.93. The molecule has 2 aliphatic rings. The molecule has 2 saturated heterocycles. The SMILES string of the molecule is Cc1ccc([C@@H]2CC[C@H]([C@H]3CC[C@@H](c4ccc(C)cn4)N3C)N2C)nc1. The maximum atomic E-state index is 4.70. The molecule has 4 atom stereocenters. The Hall–Kier alpha value is -1.78. The van der Waals surface area contributed by atoms with Gasteiger partial charge in [0.1, 0.15) is 0 Å². The number of aromatic nitrogens is 2. The van der Waals surface area contributed by atoms with Gasteiger partial charge in [0, 0.05) is 24.5 Å². The van der Waals surface area contributed by atoms with Crippen LogP contribution in [0.3, 0.4) is 0 Å². The van der Waals surface area contributed by atoms with Gasteiger partial charge in [0.2, 0.25) is 0 Å². The van der Waals surface area contributed by atoms with Gasteiger partial charge in [-0.15, -0.1) is 0 Å². The number of hydrogen-bond acceptors (Lipinski definition) is 4. The standard InChI is InChI=1S/C22H30N4/c1-15-5-7-17(23-13-15)19-9-11-21(25(19)3)22-12-10-20(26(22)4)18-8-6-16(2)14-24-18/h5-8,13-14,19-22H,9-12H2,1-4H3/t19-,20-,21+,22+/m0/s1. The summed E-state index contributed by atoms with van der Waals surface area (Å²) in [4.78, 5) is 14.5. The van der Waals surface area contributed by atoms with Crippen LogP contribution in [0, 0.1) is 13.8 Å². The van der Waals surface area contributed by atoms with Crippen LogP contribution < -0.4 is 0 Å². The van der Waals surface area contributed by atoms with Gasteiger partial charge in [-0.1, -0.05) is 12.1 Å². The number of nitrogens with zero attached hydrogens (tertiary/aromatic N) is 4. The summed E-state index contributed by atoms with van der Waals surface area (Å²) >= 11 is 0. The molecule has 0 unspecified atom stereocenters. The predicted octanol–water partition coefficient (Wildman–Crippen LogP) is 4.06. The Balaban J connectivity index is 1.48. The number of hydrogen-bond donors (Lipinski definition) is 0. The quantitative estimate of drug-likeness (QED) is 0.835. The smallest absolute Gasteiger partial charge is 0.0575 e. The second kappa shape index (κ2) is 7.09. The van der Waals surface area contributed by atoms with Gasteiger partial charge in [0.05, 0.1) is 23.5 Å². The third-order valence-corrected chi connectivity index (χ3v) is 6.50. The van der Waals surface area contributed by atoms with E-state index in [1.807, 2.05) is 12.4 Å². The van der Waals surface area contributed by atoms with E-state index in [-0.39, 0.29) is 0 Å². The summed E-state index contributed by atoms with van der Waals surface area (Å²) in [6, 6.07) is 10.9. The molecule has 0 aromatic carbocycles. The average molecular weight is 351 g/mol. The molecule has 0 saturated carbocycles. The van der Waals surface area contributed by atoms with Crippen LogP contribution in [0.4, 0.5) is 0 Å². The van der Waals surface area contributed by atoms with Crippen LogP contribution in [0.15, 0.2) is 36.7 Å². The molecule has 4 heteroatoms. The summed E-state index contributed by atoms with van der Waals surface area (Å²) in [5, 5.41) is 0. The second-order valence-electron chi connectivity index (χ2n) is 8.17. The van der Waals surface area contributed by atoms with Crippen LogP contribution in [0.1, 0.15) is 60.3 Å². The summed E-state index contributed by atoms with van der Waals surface area (Å²) in [6.45, 7) is 4.20. The van der Waals surface area contributed by atoms with Crippen LogP contribution in [0.2, 0.25) is 0 Å². The van der Waals surface area contributed by atoms with Crippen LogP contribution in [-0.2, 0) is 0 Å². The normalized spacial score (nSPS) is 30.2. The van der Waals surface area contributed by atoms with E-state index in [9.17, 15) is 0 Å². The van der Waals surface area contributed by atoms with Gasteiger partial charge < -0.3 is 0 Å². The van der Waals surface area contributed by atoms with Crippen molar-refractivity contribution in [3.05, 3.63) is 59.2 Å². The Morgan fingerprint density at radius 3 is 1.46 bits per heavy atom. The van der Waals surface area contributed by atoms with E-state index < -0.39 is 0 Å². The van der Waals surface area contributed by atoms with Crippen molar-refractivity contribution in [3.63, 3.8) is 0 Å². The summed E-state index contributed by atoms with van der Waals surface area (Å²) in [7, 11) is 4.57. The van der Waals surface area contributed by atoms with Gasteiger partial charge in [0.25, 0.3) is 0 Å². The van der Waals surface area contributed by atoms with Crippen LogP contribution in [-0.4, -0.2) is 45.9 Å². The Kier molecular flexibility index (Phi) is 4.80. The zero-order valence-electron chi connectivity index (χ0n) is 16.4. The van der Waals surface area contributed by atoms with Gasteiger partial charge in [0.15, 0.2) is 0 Å². The van der Waals surface area contributed by atoms with Crippen molar-refractivity contribution in [1.29, 1.82) is 0 Å². The van der Waals surface area contributed by atoms with Crippen molar-refractivity contribution in [2.45, 2.75) is 63.7 Å². The van der Waals surface area contributed by atoms with Crippen molar-refractivity contribution in [1.82, 2.24) is 19.8 Å². The minimum Gasteiger partial charge on any atom is -0.293 e. The maximum absolute atomic E-state index is 4.70. The summed E-state index contributed by atoms with van der Waals surface area (Å²) in [6.07, 6.45) is 8.90. The van der Waals surface area contributed by atoms with Crippen molar-refractivity contribution in [3.8, 4) is 0 Å². The second-order valence-corrected chi connectivity index (χ2v) is 8.17. The maximum Gasteiger partial charge on any atom is 0.0575 e. The highest BCUT2D eigenvalue weighted by Gasteiger charge is 2.43. The monoisotopic (exact) mass is 350 g/mol. The molecule has 2 aromatic heterocycles. The first-order chi connectivity index (χ1) is 12.5. The molecule has 0 spiro atoms. The van der Waals surface area contributed by atoms with E-state index in [1.165, 1.54) is 48.2 Å². The molecule has 4 rings (SSSR count). The van der Waals surface area contributed by atoms with Crippen molar-refractivity contribution >= 4 is 0 Å². The zero-order chi connectivity index (χ0) is 18.3. The lowest BCUT2D eigenvalue weighted by Crippen LogP contribution is -2.44. The van der Waals surface area contributed by atoms with Crippen molar-refractivity contribution < 1.29 is 0 Å². The van der Waals surface area contributed by atoms with Gasteiger partial charge in [-0.05, 0) is 76.9 Å². The third-order valence-electron chi connectivity index (χ3n) is 6.50. The predicted molar refractivity (Wildman–Crippen MR) is 105 cm³/mol. The molecule has 2 aromatic rings. The van der Waals surface area contributed by atoms with Crippen molar-refractivity contribution in [2.75, 3.05) is 14.1 Å². The molecule has 2 aliphatic heterocycles. The highest BCUT2D eigenvalue weighted by Crippen LogP contribution is 2.42. The Morgan fingerprint density at radius 1 is 0.692 bits per heavy atom. The molecule has 0 bridgehead atoms. The first-order valence-corrected chi connectivity index (χ1v) is 9.83. The molecule has 4 nitrogen and oxygen atoms in total.